The van der Waals surface area contributed by atoms with E-state index < -0.39 is 0 Å². The van der Waals surface area contributed by atoms with Gasteiger partial charge in [0.15, 0.2) is 16.7 Å². The molecule has 2 aromatic heterocycles. The minimum absolute atomic E-state index is 0.0602. The number of hydrazone groups is 1. The lowest BCUT2D eigenvalue weighted by atomic mass is 10.0. The summed E-state index contributed by atoms with van der Waals surface area (Å²) in [5.41, 5.74) is 1.87. The molecular weight excluding hydrogens is 470 g/mol. The summed E-state index contributed by atoms with van der Waals surface area (Å²) in [7, 11) is 3.23. The maximum atomic E-state index is 13.4. The molecule has 0 spiro atoms. The number of aromatic nitrogens is 3. The van der Waals surface area contributed by atoms with Crippen LogP contribution in [0.3, 0.4) is 0 Å². The maximum absolute atomic E-state index is 13.4. The molecule has 3 aromatic rings. The highest BCUT2D eigenvalue weighted by atomic mass is 32.2. The lowest BCUT2D eigenvalue weighted by molar-refractivity contribution is -0.130. The minimum Gasteiger partial charge on any atom is -0.493 e. The number of rotatable bonds is 9. The van der Waals surface area contributed by atoms with Gasteiger partial charge >= 0.3 is 0 Å². The van der Waals surface area contributed by atoms with Gasteiger partial charge in [-0.15, -0.1) is 21.5 Å². The third-order valence-corrected chi connectivity index (χ3v) is 7.96. The molecule has 0 bridgehead atoms. The van der Waals surface area contributed by atoms with Crippen LogP contribution in [0.1, 0.15) is 54.4 Å². The van der Waals surface area contributed by atoms with Crippen LogP contribution in [0.2, 0.25) is 0 Å². The Balaban J connectivity index is 1.39. The van der Waals surface area contributed by atoms with Gasteiger partial charge in [-0.3, -0.25) is 4.79 Å². The zero-order valence-electron chi connectivity index (χ0n) is 19.4. The van der Waals surface area contributed by atoms with Crippen molar-refractivity contribution < 1.29 is 14.3 Å². The number of hydrogen-bond acceptors (Lipinski definition) is 8. The average molecular weight is 498 g/mol. The van der Waals surface area contributed by atoms with E-state index in [0.717, 1.165) is 33.7 Å². The predicted molar refractivity (Wildman–Crippen MR) is 133 cm³/mol. The predicted octanol–water partition coefficient (Wildman–Crippen LogP) is 4.72. The first-order valence-corrected chi connectivity index (χ1v) is 13.2. The molecule has 1 atom stereocenters. The maximum Gasteiger partial charge on any atom is 0.253 e. The fourth-order valence-electron chi connectivity index (χ4n) is 4.19. The van der Waals surface area contributed by atoms with E-state index in [-0.39, 0.29) is 17.7 Å². The smallest absolute Gasteiger partial charge is 0.253 e. The second-order valence-electron chi connectivity index (χ2n) is 8.24. The number of thiophene rings is 1. The Morgan fingerprint density at radius 3 is 2.68 bits per heavy atom. The van der Waals surface area contributed by atoms with Crippen LogP contribution in [0.25, 0.3) is 0 Å². The average Bonchev–Trinajstić information content (AvgIpc) is 3.26. The monoisotopic (exact) mass is 497 g/mol. The molecule has 1 unspecified atom stereocenters. The van der Waals surface area contributed by atoms with Crippen LogP contribution in [-0.4, -0.2) is 51.4 Å². The van der Waals surface area contributed by atoms with Crippen LogP contribution in [0.5, 0.6) is 11.5 Å². The van der Waals surface area contributed by atoms with Crippen molar-refractivity contribution in [2.45, 2.75) is 49.8 Å². The highest BCUT2D eigenvalue weighted by Crippen LogP contribution is 2.41. The van der Waals surface area contributed by atoms with Crippen LogP contribution >= 0.6 is 23.1 Å². The molecule has 0 radical (unpaired) electrons. The van der Waals surface area contributed by atoms with Crippen LogP contribution in [0.4, 0.5) is 0 Å². The summed E-state index contributed by atoms with van der Waals surface area (Å²) >= 11 is 3.06. The summed E-state index contributed by atoms with van der Waals surface area (Å²) in [6, 6.07) is 9.61. The lowest BCUT2D eigenvalue weighted by Gasteiger charge is -2.22. The van der Waals surface area contributed by atoms with E-state index >= 15 is 0 Å². The number of ether oxygens (including phenoxy) is 2. The lowest BCUT2D eigenvalue weighted by Crippen LogP contribution is -2.28. The summed E-state index contributed by atoms with van der Waals surface area (Å²) in [6.07, 6.45) is 2.98. The second kappa shape index (κ2) is 9.79. The van der Waals surface area contributed by atoms with Crippen molar-refractivity contribution in [3.8, 4) is 11.5 Å². The van der Waals surface area contributed by atoms with Gasteiger partial charge in [-0.25, -0.2) is 5.01 Å². The molecule has 2 aliphatic rings. The van der Waals surface area contributed by atoms with Crippen LogP contribution in [0.15, 0.2) is 46.0 Å². The zero-order valence-corrected chi connectivity index (χ0v) is 21.1. The number of carbonyl (C=O) groups is 1. The van der Waals surface area contributed by atoms with Crippen molar-refractivity contribution in [1.82, 2.24) is 19.8 Å². The molecule has 10 heteroatoms. The van der Waals surface area contributed by atoms with Gasteiger partial charge in [-0.2, -0.15) is 5.10 Å². The number of nitrogens with zero attached hydrogens (tertiary/aromatic N) is 5. The minimum atomic E-state index is -0.212. The largest absolute Gasteiger partial charge is 0.493 e. The van der Waals surface area contributed by atoms with Crippen molar-refractivity contribution in [2.75, 3.05) is 20.0 Å². The van der Waals surface area contributed by atoms with E-state index in [1.165, 1.54) is 24.6 Å². The molecule has 1 amide bonds. The zero-order chi connectivity index (χ0) is 23.7. The molecular formula is C24H27N5O3S2. The molecule has 1 saturated carbocycles. The van der Waals surface area contributed by atoms with Gasteiger partial charge in [0, 0.05) is 18.9 Å². The van der Waals surface area contributed by atoms with Gasteiger partial charge in [0.1, 0.15) is 5.82 Å². The second-order valence-corrected chi connectivity index (χ2v) is 10.1. The normalized spacial score (nSPS) is 17.7. The first-order chi connectivity index (χ1) is 16.6. The van der Waals surface area contributed by atoms with Crippen molar-refractivity contribution in [1.29, 1.82) is 0 Å². The van der Waals surface area contributed by atoms with Crippen molar-refractivity contribution in [2.24, 2.45) is 5.10 Å². The van der Waals surface area contributed by atoms with Crippen molar-refractivity contribution in [3.63, 3.8) is 0 Å². The number of methoxy groups -OCH3 is 2. The van der Waals surface area contributed by atoms with Crippen LogP contribution in [-0.2, 0) is 11.3 Å². The van der Waals surface area contributed by atoms with E-state index in [2.05, 4.69) is 21.7 Å². The fraction of sp³-hybridized carbons (Fsp3) is 0.417. The van der Waals surface area contributed by atoms with Crippen LogP contribution < -0.4 is 9.47 Å². The molecule has 5 rings (SSSR count). The number of thioether (sulfide) groups is 1. The van der Waals surface area contributed by atoms with E-state index in [1.807, 2.05) is 35.7 Å². The van der Waals surface area contributed by atoms with Crippen molar-refractivity contribution in [3.05, 3.63) is 52.0 Å². The molecule has 1 aliphatic carbocycles. The highest BCUT2D eigenvalue weighted by molar-refractivity contribution is 7.99. The molecule has 0 N–H and O–H groups in total. The summed E-state index contributed by atoms with van der Waals surface area (Å²) in [5.74, 6) is 3.03. The molecule has 8 nitrogen and oxygen atoms in total. The first-order valence-electron chi connectivity index (χ1n) is 11.3. The van der Waals surface area contributed by atoms with Gasteiger partial charge in [-0.05, 0) is 48.9 Å². The highest BCUT2D eigenvalue weighted by Gasteiger charge is 2.35. The third-order valence-electron chi connectivity index (χ3n) is 6.09. The SMILES string of the molecule is CCn1c(SCC(=O)N2N=C(c3cccs3)CC2c2ccc(OC)c(OC)c2)nnc1C1CC1. The van der Waals surface area contributed by atoms with Gasteiger partial charge in [0.2, 0.25) is 0 Å². The van der Waals surface area contributed by atoms with E-state index in [0.29, 0.717) is 23.8 Å². The molecule has 1 aliphatic heterocycles. The Morgan fingerprint density at radius 1 is 1.18 bits per heavy atom. The molecule has 1 aromatic carbocycles. The number of benzene rings is 1. The van der Waals surface area contributed by atoms with Gasteiger partial charge in [0.05, 0.1) is 36.6 Å². The van der Waals surface area contributed by atoms with Gasteiger partial charge in [-0.1, -0.05) is 23.9 Å². The van der Waals surface area contributed by atoms with E-state index in [1.54, 1.807) is 30.6 Å². The summed E-state index contributed by atoms with van der Waals surface area (Å²) in [6.45, 7) is 2.89. The van der Waals surface area contributed by atoms with E-state index in [4.69, 9.17) is 14.6 Å². The molecule has 178 valence electrons. The fourth-order valence-corrected chi connectivity index (χ4v) is 5.77. The first kappa shape index (κ1) is 22.9. The van der Waals surface area contributed by atoms with Gasteiger partial charge in [0.25, 0.3) is 5.91 Å². The molecule has 3 heterocycles. The van der Waals surface area contributed by atoms with E-state index in [9.17, 15) is 4.79 Å². The summed E-state index contributed by atoms with van der Waals surface area (Å²) in [5, 5.41) is 18.0. The Hall–Kier alpha value is -2.85. The van der Waals surface area contributed by atoms with Gasteiger partial charge < -0.3 is 14.0 Å². The Morgan fingerprint density at radius 2 is 2.00 bits per heavy atom. The molecule has 0 saturated heterocycles. The third kappa shape index (κ3) is 4.44. The Labute approximate surface area is 207 Å². The Kier molecular flexibility index (Phi) is 6.60. The topological polar surface area (TPSA) is 81.8 Å². The summed E-state index contributed by atoms with van der Waals surface area (Å²) < 4.78 is 13.0. The molecule has 34 heavy (non-hydrogen) atoms. The molecule has 1 fully saturated rings. The summed E-state index contributed by atoms with van der Waals surface area (Å²) in [4.78, 5) is 14.5. The van der Waals surface area contributed by atoms with Crippen LogP contribution in [0, 0.1) is 0 Å². The van der Waals surface area contributed by atoms with Crippen molar-refractivity contribution >= 4 is 34.7 Å². The Bertz CT molecular complexity index is 1200. The number of amides is 1. The quantitative estimate of drug-likeness (QED) is 0.398. The number of hydrogen-bond donors (Lipinski definition) is 0. The standard InChI is InChI=1S/C24H27N5O3S2/c1-4-28-23(15-7-8-15)25-26-24(28)34-14-22(30)29-18(13-17(27-29)21-6-5-11-33-21)16-9-10-19(31-2)20(12-16)32-3/h5-6,9-12,15,18H,4,7-8,13-14H2,1-3H3. The number of carbonyl (C=O) groups excluding carboxylic acids is 1.